The van der Waals surface area contributed by atoms with Gasteiger partial charge in [0, 0.05) is 26.2 Å². The van der Waals surface area contributed by atoms with Gasteiger partial charge in [-0.05, 0) is 43.5 Å². The van der Waals surface area contributed by atoms with Gasteiger partial charge in [-0.25, -0.2) is 0 Å². The van der Waals surface area contributed by atoms with Gasteiger partial charge in [0.1, 0.15) is 5.75 Å². The van der Waals surface area contributed by atoms with Crippen molar-refractivity contribution >= 4 is 23.4 Å². The number of nitrogen functional groups attached to an aromatic ring is 1. The van der Waals surface area contributed by atoms with Crippen molar-refractivity contribution in [2.24, 2.45) is 0 Å². The topological polar surface area (TPSA) is 125 Å². The number of allylic oxidation sites excluding steroid dienone is 1. The van der Waals surface area contributed by atoms with E-state index in [9.17, 15) is 0 Å². The molecular weight excluding hydrogens is 460 g/mol. The highest BCUT2D eigenvalue weighted by molar-refractivity contribution is 5.55. The molecule has 0 atom stereocenters. The van der Waals surface area contributed by atoms with Crippen LogP contribution in [-0.2, 0) is 15.9 Å². The van der Waals surface area contributed by atoms with Gasteiger partial charge in [0.15, 0.2) is 5.76 Å². The van der Waals surface area contributed by atoms with Gasteiger partial charge in [0.2, 0.25) is 17.7 Å². The normalized spacial score (nSPS) is 14.3. The number of hydrogen-bond donors (Lipinski definition) is 2. The van der Waals surface area contributed by atoms with Gasteiger partial charge in [0.05, 0.1) is 26.9 Å². The molecule has 1 aliphatic rings. The zero-order chi connectivity index (χ0) is 25.8. The number of nitrogens with one attached hydrogen (secondary N) is 1. The number of ether oxygens (including phenoxy) is 3. The van der Waals surface area contributed by atoms with Gasteiger partial charge < -0.3 is 25.3 Å². The second kappa shape index (κ2) is 14.2. The summed E-state index contributed by atoms with van der Waals surface area (Å²) in [5.41, 5.74) is 7.22. The number of aromatic nitrogens is 5. The summed E-state index contributed by atoms with van der Waals surface area (Å²) in [4.78, 5) is 15.5. The van der Waals surface area contributed by atoms with E-state index in [0.29, 0.717) is 36.5 Å². The number of nitrogens with two attached hydrogens (primary N) is 1. The summed E-state index contributed by atoms with van der Waals surface area (Å²) in [5.74, 6) is 2.81. The predicted octanol–water partition coefficient (Wildman–Crippen LogP) is 2.89. The van der Waals surface area contributed by atoms with Crippen LogP contribution in [0, 0.1) is 0 Å². The Hall–Kier alpha value is -3.44. The monoisotopic (exact) mass is 498 g/mol. The van der Waals surface area contributed by atoms with Crippen LogP contribution in [0.5, 0.6) is 5.75 Å². The number of fused-ring (bicyclic) bond motifs is 1. The Morgan fingerprint density at radius 3 is 2.58 bits per heavy atom. The molecule has 0 radical (unpaired) electrons. The average Bonchev–Trinajstić information content (AvgIpc) is 3.34. The molecule has 0 unspecified atom stereocenters. The summed E-state index contributed by atoms with van der Waals surface area (Å²) in [7, 11) is 1.56. The summed E-state index contributed by atoms with van der Waals surface area (Å²) < 4.78 is 17.9. The number of rotatable bonds is 11. The van der Waals surface area contributed by atoms with Gasteiger partial charge >= 0.3 is 0 Å². The summed E-state index contributed by atoms with van der Waals surface area (Å²) in [6.45, 7) is 11.9. The lowest BCUT2D eigenvalue weighted by atomic mass is 10.1. The molecule has 0 spiro atoms. The molecule has 3 heterocycles. The fourth-order valence-corrected chi connectivity index (χ4v) is 3.70. The van der Waals surface area contributed by atoms with E-state index in [2.05, 4.69) is 42.4 Å². The third kappa shape index (κ3) is 7.53. The Bertz CT molecular complexity index is 1090. The van der Waals surface area contributed by atoms with Gasteiger partial charge in [-0.2, -0.15) is 19.5 Å². The number of hydrogen-bond acceptors (Lipinski definition) is 10. The molecule has 0 bridgehead atoms. The minimum atomic E-state index is 0.202. The fourth-order valence-electron chi connectivity index (χ4n) is 3.70. The number of anilines is 2. The van der Waals surface area contributed by atoms with Crippen LogP contribution in [-0.4, -0.2) is 82.6 Å². The zero-order valence-corrected chi connectivity index (χ0v) is 21.7. The Balaban J connectivity index is 0.00000176. The molecule has 1 aliphatic heterocycles. The largest absolute Gasteiger partial charge is 0.494 e. The van der Waals surface area contributed by atoms with Gasteiger partial charge in [-0.1, -0.05) is 26.0 Å². The van der Waals surface area contributed by atoms with E-state index in [-0.39, 0.29) is 5.95 Å². The van der Waals surface area contributed by atoms with E-state index in [1.807, 2.05) is 32.9 Å². The molecule has 3 N–H and O–H groups in total. The Morgan fingerprint density at radius 2 is 1.89 bits per heavy atom. The number of benzene rings is 1. The van der Waals surface area contributed by atoms with E-state index in [1.54, 1.807) is 13.2 Å². The van der Waals surface area contributed by atoms with E-state index < -0.39 is 0 Å². The van der Waals surface area contributed by atoms with Crippen molar-refractivity contribution in [1.29, 1.82) is 0 Å². The van der Waals surface area contributed by atoms with Crippen molar-refractivity contribution < 1.29 is 14.2 Å². The quantitative estimate of drug-likeness (QED) is 0.301. The molecule has 0 aliphatic carbocycles. The van der Waals surface area contributed by atoms with Crippen LogP contribution in [0.3, 0.4) is 0 Å². The Labute approximate surface area is 212 Å². The predicted molar refractivity (Wildman–Crippen MR) is 141 cm³/mol. The van der Waals surface area contributed by atoms with Crippen molar-refractivity contribution in [3.05, 3.63) is 41.7 Å². The highest BCUT2D eigenvalue weighted by Crippen LogP contribution is 2.15. The first-order valence-electron chi connectivity index (χ1n) is 12.5. The van der Waals surface area contributed by atoms with E-state index in [4.69, 9.17) is 19.9 Å². The van der Waals surface area contributed by atoms with Crippen molar-refractivity contribution in [3.63, 3.8) is 0 Å². The van der Waals surface area contributed by atoms with Crippen LogP contribution < -0.4 is 15.8 Å². The zero-order valence-electron chi connectivity index (χ0n) is 21.7. The lowest BCUT2D eigenvalue weighted by Gasteiger charge is -2.26. The van der Waals surface area contributed by atoms with Crippen LogP contribution in [0.15, 0.2) is 30.3 Å². The molecule has 36 heavy (non-hydrogen) atoms. The number of nitrogens with zero attached hydrogens (tertiary/aromatic N) is 6. The molecule has 0 amide bonds. The first-order valence-corrected chi connectivity index (χ1v) is 12.5. The van der Waals surface area contributed by atoms with E-state index >= 15 is 0 Å². The third-order valence-corrected chi connectivity index (χ3v) is 5.55. The minimum Gasteiger partial charge on any atom is -0.494 e. The molecule has 4 rings (SSSR count). The first-order chi connectivity index (χ1) is 17.7. The van der Waals surface area contributed by atoms with Crippen LogP contribution in [0.25, 0.3) is 11.5 Å². The highest BCUT2D eigenvalue weighted by Gasteiger charge is 2.14. The lowest BCUT2D eigenvalue weighted by Crippen LogP contribution is -2.37. The molecule has 1 aromatic carbocycles. The molecule has 3 aromatic rings. The average molecular weight is 499 g/mol. The van der Waals surface area contributed by atoms with Crippen LogP contribution in [0.2, 0.25) is 0 Å². The fraction of sp³-hybridized carbons (Fsp3) is 0.520. The van der Waals surface area contributed by atoms with Crippen molar-refractivity contribution in [2.45, 2.75) is 33.6 Å². The van der Waals surface area contributed by atoms with E-state index in [0.717, 1.165) is 51.4 Å². The smallest absolute Gasteiger partial charge is 0.259 e. The second-order valence-electron chi connectivity index (χ2n) is 7.89. The lowest BCUT2D eigenvalue weighted by molar-refractivity contribution is 0.0358. The third-order valence-electron chi connectivity index (χ3n) is 5.55. The van der Waals surface area contributed by atoms with Gasteiger partial charge in [0.25, 0.3) is 5.78 Å². The maximum atomic E-state index is 6.03. The molecule has 196 valence electrons. The molecule has 2 aromatic heterocycles. The van der Waals surface area contributed by atoms with Crippen LogP contribution in [0.4, 0.5) is 11.9 Å². The molecule has 1 fully saturated rings. The summed E-state index contributed by atoms with van der Waals surface area (Å²) in [6.07, 6.45) is 3.59. The van der Waals surface area contributed by atoms with Crippen molar-refractivity contribution in [1.82, 2.24) is 29.5 Å². The highest BCUT2D eigenvalue weighted by atomic mass is 16.5. The summed E-state index contributed by atoms with van der Waals surface area (Å²) in [6, 6.07) is 8.17. The molecule has 11 nitrogen and oxygen atoms in total. The molecule has 0 saturated carbocycles. The molecular formula is C25H38N8O3. The minimum absolute atomic E-state index is 0.202. The maximum absolute atomic E-state index is 6.03. The summed E-state index contributed by atoms with van der Waals surface area (Å²) >= 11 is 0. The van der Waals surface area contributed by atoms with Crippen molar-refractivity contribution in [3.8, 4) is 5.75 Å². The van der Waals surface area contributed by atoms with Crippen LogP contribution in [0.1, 0.15) is 38.6 Å². The van der Waals surface area contributed by atoms with Crippen LogP contribution >= 0.6 is 0 Å². The maximum Gasteiger partial charge on any atom is 0.259 e. The molecule has 1 saturated heterocycles. The van der Waals surface area contributed by atoms with Gasteiger partial charge in [-0.3, -0.25) is 4.90 Å². The molecule has 11 heteroatoms. The van der Waals surface area contributed by atoms with E-state index in [1.165, 1.54) is 10.1 Å². The number of methoxy groups -OCH3 is 1. The Kier molecular flexibility index (Phi) is 10.7. The standard InChI is InChI=1S/C23H32N8O3.C2H6/c1-3-19(32-2)20-26-23-28-22(27-21(24)31(23)29-20)25-10-9-17-5-7-18(8-6-17)34-14-4-11-30-12-15-33-16-13-30;1-2/h3,5-8H,4,9-16H2,1-2H3,(H3,24,25,26,27,28,29);1-2H3/b19-3-;. The number of morpholine rings is 1. The summed E-state index contributed by atoms with van der Waals surface area (Å²) in [5, 5.41) is 7.50. The first kappa shape index (κ1) is 27.2. The van der Waals surface area contributed by atoms with Gasteiger partial charge in [-0.15, -0.1) is 5.10 Å². The second-order valence-corrected chi connectivity index (χ2v) is 7.89. The van der Waals surface area contributed by atoms with Crippen molar-refractivity contribution in [2.75, 3.05) is 64.2 Å². The Morgan fingerprint density at radius 1 is 1.14 bits per heavy atom. The SMILES string of the molecule is C/C=C(\OC)c1nc2nc(NCCc3ccc(OCCCN4CCOCC4)cc3)nc(N)n2n1.CC.